The molecule has 0 spiro atoms. The van der Waals surface area contributed by atoms with Gasteiger partial charge >= 0.3 is 0 Å². The van der Waals surface area contributed by atoms with Crippen molar-refractivity contribution in [1.29, 1.82) is 0 Å². The lowest BCUT2D eigenvalue weighted by molar-refractivity contribution is 0.213. The normalized spacial score (nSPS) is 25.5. The molecule has 1 nitrogen and oxygen atoms in total. The number of hydrogen-bond acceptors (Lipinski definition) is 1. The minimum atomic E-state index is 0.473. The van der Waals surface area contributed by atoms with Gasteiger partial charge in [-0.3, -0.25) is 4.90 Å². The van der Waals surface area contributed by atoms with Crippen molar-refractivity contribution in [3.8, 4) is 0 Å². The summed E-state index contributed by atoms with van der Waals surface area (Å²) in [6.07, 6.45) is 1.15. The minimum absolute atomic E-state index is 0.473. The predicted molar refractivity (Wildman–Crippen MR) is 68.9 cm³/mol. The second kappa shape index (κ2) is 3.21. The third-order valence-corrected chi connectivity index (χ3v) is 4.31. The first-order valence-corrected chi connectivity index (χ1v) is 6.25. The Balaban J connectivity index is 2.00. The first-order chi connectivity index (χ1) is 8.36. The van der Waals surface area contributed by atoms with Gasteiger partial charge in [0.1, 0.15) is 0 Å². The fourth-order valence-electron chi connectivity index (χ4n) is 3.52. The fraction of sp³-hybridized carbons (Fsp3) is 0.250. The molecule has 0 N–H and O–H groups in total. The Kier molecular flexibility index (Phi) is 1.78. The molecule has 2 aliphatic rings. The molecule has 2 unspecified atom stereocenters. The number of hydrogen-bond donors (Lipinski definition) is 0. The Labute approximate surface area is 102 Å². The van der Waals surface area contributed by atoms with Crippen LogP contribution < -0.4 is 0 Å². The molecule has 2 atom stereocenters. The maximum atomic E-state index is 2.52. The van der Waals surface area contributed by atoms with Gasteiger partial charge in [0.15, 0.2) is 0 Å². The van der Waals surface area contributed by atoms with Gasteiger partial charge in [-0.15, -0.1) is 0 Å². The first-order valence-electron chi connectivity index (χ1n) is 6.25. The summed E-state index contributed by atoms with van der Waals surface area (Å²) in [4.78, 5) is 2.52. The second-order valence-corrected chi connectivity index (χ2v) is 5.12. The molecule has 0 saturated carbocycles. The molecular formula is C16H15N. The van der Waals surface area contributed by atoms with E-state index in [-0.39, 0.29) is 0 Å². The molecule has 1 heteroatoms. The maximum Gasteiger partial charge on any atom is 0.0610 e. The lowest BCUT2D eigenvalue weighted by Gasteiger charge is -2.33. The topological polar surface area (TPSA) is 3.24 Å². The van der Waals surface area contributed by atoms with Crippen molar-refractivity contribution in [2.24, 2.45) is 0 Å². The summed E-state index contributed by atoms with van der Waals surface area (Å²) >= 11 is 0. The number of fused-ring (bicyclic) bond motifs is 7. The van der Waals surface area contributed by atoms with Crippen LogP contribution in [0.25, 0.3) is 0 Å². The Hall–Kier alpha value is -1.60. The Morgan fingerprint density at radius 3 is 2.35 bits per heavy atom. The summed E-state index contributed by atoms with van der Waals surface area (Å²) in [5.41, 5.74) is 6.05. The van der Waals surface area contributed by atoms with Gasteiger partial charge in [-0.2, -0.15) is 0 Å². The average molecular weight is 221 g/mol. The molecule has 2 aromatic carbocycles. The largest absolute Gasteiger partial charge is 0.288 e. The number of nitrogens with zero attached hydrogens (tertiary/aromatic N) is 1. The van der Waals surface area contributed by atoms with Crippen LogP contribution in [0.3, 0.4) is 0 Å². The second-order valence-electron chi connectivity index (χ2n) is 5.12. The van der Waals surface area contributed by atoms with E-state index in [0.29, 0.717) is 12.1 Å². The van der Waals surface area contributed by atoms with E-state index in [2.05, 4.69) is 60.5 Å². The molecule has 17 heavy (non-hydrogen) atoms. The van der Waals surface area contributed by atoms with Crippen molar-refractivity contribution in [2.45, 2.75) is 18.5 Å². The zero-order valence-corrected chi connectivity index (χ0v) is 9.93. The molecule has 4 rings (SSSR count). The highest BCUT2D eigenvalue weighted by Gasteiger charge is 2.41. The van der Waals surface area contributed by atoms with Crippen LogP contribution in [0.2, 0.25) is 0 Å². The SMILES string of the molecule is CN1C2Cc3ccccc3C1c1ccccc12. The quantitative estimate of drug-likeness (QED) is 0.659. The smallest absolute Gasteiger partial charge is 0.0610 e. The van der Waals surface area contributed by atoms with E-state index in [1.165, 1.54) is 22.3 Å². The van der Waals surface area contributed by atoms with Crippen LogP contribution in [0.15, 0.2) is 48.5 Å². The van der Waals surface area contributed by atoms with Gasteiger partial charge in [-0.05, 0) is 35.7 Å². The van der Waals surface area contributed by atoms with E-state index in [4.69, 9.17) is 0 Å². The van der Waals surface area contributed by atoms with E-state index in [1.54, 1.807) is 0 Å². The Morgan fingerprint density at radius 1 is 0.882 bits per heavy atom. The summed E-state index contributed by atoms with van der Waals surface area (Å²) in [5.74, 6) is 0. The van der Waals surface area contributed by atoms with Crippen LogP contribution in [0.1, 0.15) is 34.3 Å². The zero-order valence-electron chi connectivity index (χ0n) is 9.93. The van der Waals surface area contributed by atoms with Gasteiger partial charge in [0.2, 0.25) is 0 Å². The molecule has 0 amide bonds. The highest BCUT2D eigenvalue weighted by Crippen LogP contribution is 2.50. The van der Waals surface area contributed by atoms with Crippen LogP contribution in [0.5, 0.6) is 0 Å². The summed E-state index contributed by atoms with van der Waals surface area (Å²) in [6.45, 7) is 0. The third kappa shape index (κ3) is 1.12. The molecule has 2 bridgehead atoms. The van der Waals surface area contributed by atoms with Gasteiger partial charge in [-0.25, -0.2) is 0 Å². The van der Waals surface area contributed by atoms with Crippen molar-refractivity contribution in [3.05, 3.63) is 70.8 Å². The molecule has 0 aromatic heterocycles. The standard InChI is InChI=1S/C16H15N/c1-17-15-10-11-6-2-3-7-12(11)16(17)14-9-5-4-8-13(14)15/h2-9,15-16H,10H2,1H3. The monoisotopic (exact) mass is 221 g/mol. The van der Waals surface area contributed by atoms with Crippen molar-refractivity contribution >= 4 is 0 Å². The third-order valence-electron chi connectivity index (χ3n) is 4.31. The first kappa shape index (κ1) is 9.43. The molecule has 0 radical (unpaired) electrons. The molecular weight excluding hydrogens is 206 g/mol. The van der Waals surface area contributed by atoms with E-state index < -0.39 is 0 Å². The Morgan fingerprint density at radius 2 is 1.53 bits per heavy atom. The van der Waals surface area contributed by atoms with Crippen LogP contribution >= 0.6 is 0 Å². The van der Waals surface area contributed by atoms with Gasteiger partial charge in [-0.1, -0.05) is 48.5 Å². The van der Waals surface area contributed by atoms with Gasteiger partial charge in [0.25, 0.3) is 0 Å². The highest BCUT2D eigenvalue weighted by atomic mass is 15.2. The lowest BCUT2D eigenvalue weighted by atomic mass is 9.92. The molecule has 2 heterocycles. The van der Waals surface area contributed by atoms with Crippen molar-refractivity contribution in [3.63, 3.8) is 0 Å². The van der Waals surface area contributed by atoms with Gasteiger partial charge < -0.3 is 0 Å². The van der Waals surface area contributed by atoms with E-state index >= 15 is 0 Å². The van der Waals surface area contributed by atoms with Crippen molar-refractivity contribution in [1.82, 2.24) is 4.90 Å². The molecule has 0 aliphatic carbocycles. The summed E-state index contributed by atoms with van der Waals surface area (Å²) in [6, 6.07) is 18.9. The van der Waals surface area contributed by atoms with Crippen LogP contribution in [-0.2, 0) is 6.42 Å². The molecule has 84 valence electrons. The lowest BCUT2D eigenvalue weighted by Crippen LogP contribution is -2.29. The highest BCUT2D eigenvalue weighted by molar-refractivity contribution is 5.50. The van der Waals surface area contributed by atoms with E-state index in [0.717, 1.165) is 6.42 Å². The van der Waals surface area contributed by atoms with Gasteiger partial charge in [0.05, 0.1) is 6.04 Å². The molecule has 2 aliphatic heterocycles. The van der Waals surface area contributed by atoms with Crippen molar-refractivity contribution in [2.75, 3.05) is 7.05 Å². The number of benzene rings is 2. The minimum Gasteiger partial charge on any atom is -0.288 e. The summed E-state index contributed by atoms with van der Waals surface area (Å²) in [5, 5.41) is 0. The van der Waals surface area contributed by atoms with Gasteiger partial charge in [0, 0.05) is 6.04 Å². The number of rotatable bonds is 0. The molecule has 2 aromatic rings. The average Bonchev–Trinajstić information content (AvgIpc) is 2.56. The van der Waals surface area contributed by atoms with Crippen LogP contribution in [-0.4, -0.2) is 11.9 Å². The van der Waals surface area contributed by atoms with Crippen LogP contribution in [0.4, 0.5) is 0 Å². The number of likely N-dealkylation sites (N-methyl/N-ethyl adjacent to an activating group) is 1. The van der Waals surface area contributed by atoms with Crippen molar-refractivity contribution < 1.29 is 0 Å². The zero-order chi connectivity index (χ0) is 11.4. The van der Waals surface area contributed by atoms with E-state index in [1.807, 2.05) is 0 Å². The van der Waals surface area contributed by atoms with E-state index in [9.17, 15) is 0 Å². The molecule has 0 saturated heterocycles. The summed E-state index contributed by atoms with van der Waals surface area (Å²) in [7, 11) is 2.26. The molecule has 0 fully saturated rings. The fourth-order valence-corrected chi connectivity index (χ4v) is 3.52. The summed E-state index contributed by atoms with van der Waals surface area (Å²) < 4.78 is 0. The van der Waals surface area contributed by atoms with Crippen LogP contribution in [0, 0.1) is 0 Å². The maximum absolute atomic E-state index is 2.52. The predicted octanol–water partition coefficient (Wildman–Crippen LogP) is 3.32. The Bertz CT molecular complexity index is 577.